The molecule has 0 radical (unpaired) electrons. The number of halogens is 1. The largest absolute Gasteiger partial charge is 0.324 e. The van der Waals surface area contributed by atoms with Crippen LogP contribution in [0.15, 0.2) is 42.6 Å². The van der Waals surface area contributed by atoms with Gasteiger partial charge in [-0.15, -0.1) is 0 Å². The van der Waals surface area contributed by atoms with Crippen molar-refractivity contribution in [3.63, 3.8) is 0 Å². The number of imidazole rings is 1. The topological polar surface area (TPSA) is 63.1 Å². The van der Waals surface area contributed by atoms with E-state index in [9.17, 15) is 9.18 Å². The fourth-order valence-corrected chi connectivity index (χ4v) is 3.66. The van der Waals surface area contributed by atoms with Crippen molar-refractivity contribution in [2.24, 2.45) is 0 Å². The number of rotatable bonds is 4. The molecule has 1 atom stereocenters. The number of carbonyl (C=O) groups is 1. The van der Waals surface area contributed by atoms with Gasteiger partial charge in [0.1, 0.15) is 17.2 Å². The second-order valence-corrected chi connectivity index (χ2v) is 6.84. The SMILES string of the molecule is CCCn1c([C@@H]2CCN(C(=O)Nc3cccc(F)c3)C2)nc2cccnc21. The van der Waals surface area contributed by atoms with Crippen LogP contribution < -0.4 is 5.32 Å². The van der Waals surface area contributed by atoms with Gasteiger partial charge >= 0.3 is 6.03 Å². The first-order chi connectivity index (χ1) is 13.2. The summed E-state index contributed by atoms with van der Waals surface area (Å²) in [5.74, 6) is 0.795. The molecular formula is C20H22FN5O. The highest BCUT2D eigenvalue weighted by atomic mass is 19.1. The van der Waals surface area contributed by atoms with E-state index in [1.54, 1.807) is 23.2 Å². The lowest BCUT2D eigenvalue weighted by atomic mass is 10.1. The quantitative estimate of drug-likeness (QED) is 0.758. The predicted molar refractivity (Wildman–Crippen MR) is 102 cm³/mol. The summed E-state index contributed by atoms with van der Waals surface area (Å²) in [6.07, 6.45) is 3.63. The van der Waals surface area contributed by atoms with Crippen LogP contribution in [0, 0.1) is 5.82 Å². The summed E-state index contributed by atoms with van der Waals surface area (Å²) in [4.78, 5) is 23.6. The molecule has 6 nitrogen and oxygen atoms in total. The molecule has 3 heterocycles. The number of hydrogen-bond donors (Lipinski definition) is 1. The zero-order valence-corrected chi connectivity index (χ0v) is 15.2. The molecule has 140 valence electrons. The van der Waals surface area contributed by atoms with E-state index in [1.165, 1.54) is 12.1 Å². The van der Waals surface area contributed by atoms with Gasteiger partial charge in [-0.05, 0) is 43.2 Å². The summed E-state index contributed by atoms with van der Waals surface area (Å²) in [7, 11) is 0. The molecule has 1 aliphatic heterocycles. The Balaban J connectivity index is 1.52. The van der Waals surface area contributed by atoms with Gasteiger partial charge < -0.3 is 14.8 Å². The number of likely N-dealkylation sites (tertiary alicyclic amines) is 1. The standard InChI is InChI=1S/C20H22FN5O/c1-2-10-26-18(24-17-7-4-9-22-19(17)26)14-8-11-25(13-14)20(27)23-16-6-3-5-15(21)12-16/h3-7,9,12,14H,2,8,10-11,13H2,1H3,(H,23,27)/t14-/m1/s1. The maximum Gasteiger partial charge on any atom is 0.321 e. The Morgan fingerprint density at radius 3 is 3.04 bits per heavy atom. The van der Waals surface area contributed by atoms with Gasteiger partial charge in [0.2, 0.25) is 0 Å². The highest BCUT2D eigenvalue weighted by Crippen LogP contribution is 2.29. The van der Waals surface area contributed by atoms with Crippen molar-refractivity contribution >= 4 is 22.9 Å². The number of pyridine rings is 1. The van der Waals surface area contributed by atoms with E-state index < -0.39 is 0 Å². The van der Waals surface area contributed by atoms with E-state index in [-0.39, 0.29) is 17.8 Å². The number of urea groups is 1. The average Bonchev–Trinajstić information content (AvgIpc) is 3.27. The number of carbonyl (C=O) groups excluding carboxylic acids is 1. The van der Waals surface area contributed by atoms with Gasteiger partial charge in [-0.25, -0.2) is 19.2 Å². The average molecular weight is 367 g/mol. The van der Waals surface area contributed by atoms with Crippen molar-refractivity contribution in [1.29, 1.82) is 0 Å². The fraction of sp³-hybridized carbons (Fsp3) is 0.350. The Hall–Kier alpha value is -2.96. The van der Waals surface area contributed by atoms with E-state index in [4.69, 9.17) is 4.98 Å². The van der Waals surface area contributed by atoms with Gasteiger partial charge in [-0.1, -0.05) is 13.0 Å². The molecule has 1 aliphatic rings. The van der Waals surface area contributed by atoms with Crippen LogP contribution in [0.3, 0.4) is 0 Å². The number of aryl methyl sites for hydroxylation is 1. The molecule has 1 saturated heterocycles. The molecule has 0 saturated carbocycles. The molecule has 1 aromatic carbocycles. The van der Waals surface area contributed by atoms with Crippen LogP contribution in [0.2, 0.25) is 0 Å². The van der Waals surface area contributed by atoms with E-state index in [0.717, 1.165) is 36.4 Å². The van der Waals surface area contributed by atoms with Crippen LogP contribution in [-0.2, 0) is 6.54 Å². The van der Waals surface area contributed by atoms with Gasteiger partial charge in [0, 0.05) is 37.4 Å². The van der Waals surface area contributed by atoms with E-state index in [0.29, 0.717) is 18.8 Å². The van der Waals surface area contributed by atoms with Crippen LogP contribution in [0.25, 0.3) is 11.2 Å². The summed E-state index contributed by atoms with van der Waals surface area (Å²) in [6, 6.07) is 9.59. The number of amides is 2. The third kappa shape index (κ3) is 3.49. The second kappa shape index (κ2) is 7.34. The molecule has 7 heteroatoms. The third-order valence-electron chi connectivity index (χ3n) is 4.90. The monoisotopic (exact) mass is 367 g/mol. The lowest BCUT2D eigenvalue weighted by Crippen LogP contribution is -2.33. The summed E-state index contributed by atoms with van der Waals surface area (Å²) in [6.45, 7) is 4.23. The van der Waals surface area contributed by atoms with Gasteiger partial charge in [0.25, 0.3) is 0 Å². The Morgan fingerprint density at radius 1 is 1.33 bits per heavy atom. The number of fused-ring (bicyclic) bond motifs is 1. The van der Waals surface area contributed by atoms with Crippen molar-refractivity contribution in [3.8, 4) is 0 Å². The van der Waals surface area contributed by atoms with Crippen LogP contribution in [-0.4, -0.2) is 38.6 Å². The van der Waals surface area contributed by atoms with Crippen LogP contribution >= 0.6 is 0 Å². The number of benzene rings is 1. The van der Waals surface area contributed by atoms with Crippen molar-refractivity contribution in [1.82, 2.24) is 19.4 Å². The van der Waals surface area contributed by atoms with Crippen molar-refractivity contribution in [3.05, 3.63) is 54.2 Å². The highest BCUT2D eigenvalue weighted by Gasteiger charge is 2.31. The minimum Gasteiger partial charge on any atom is -0.324 e. The molecule has 4 rings (SSSR count). The number of aromatic nitrogens is 3. The Bertz CT molecular complexity index is 970. The molecule has 1 N–H and O–H groups in total. The minimum absolute atomic E-state index is 0.170. The summed E-state index contributed by atoms with van der Waals surface area (Å²) >= 11 is 0. The van der Waals surface area contributed by atoms with E-state index in [1.807, 2.05) is 12.1 Å². The Kier molecular flexibility index (Phi) is 4.75. The first kappa shape index (κ1) is 17.5. The molecule has 0 spiro atoms. The number of hydrogen-bond acceptors (Lipinski definition) is 3. The first-order valence-corrected chi connectivity index (χ1v) is 9.28. The molecule has 0 unspecified atom stereocenters. The highest BCUT2D eigenvalue weighted by molar-refractivity contribution is 5.89. The zero-order chi connectivity index (χ0) is 18.8. The molecule has 2 amide bonds. The number of nitrogens with zero attached hydrogens (tertiary/aromatic N) is 4. The molecule has 27 heavy (non-hydrogen) atoms. The normalized spacial score (nSPS) is 16.8. The zero-order valence-electron chi connectivity index (χ0n) is 15.2. The van der Waals surface area contributed by atoms with Gasteiger partial charge in [-0.3, -0.25) is 0 Å². The first-order valence-electron chi connectivity index (χ1n) is 9.28. The Morgan fingerprint density at radius 2 is 2.22 bits per heavy atom. The molecule has 1 fully saturated rings. The van der Waals surface area contributed by atoms with Crippen LogP contribution in [0.4, 0.5) is 14.9 Å². The maximum absolute atomic E-state index is 13.3. The molecular weight excluding hydrogens is 345 g/mol. The molecule has 0 aliphatic carbocycles. The molecule has 2 aromatic heterocycles. The lowest BCUT2D eigenvalue weighted by molar-refractivity contribution is 0.222. The van der Waals surface area contributed by atoms with Gasteiger partial charge in [-0.2, -0.15) is 0 Å². The van der Waals surface area contributed by atoms with Gasteiger partial charge in [0.05, 0.1) is 0 Å². The van der Waals surface area contributed by atoms with Crippen molar-refractivity contribution in [2.45, 2.75) is 32.2 Å². The van der Waals surface area contributed by atoms with Crippen LogP contribution in [0.5, 0.6) is 0 Å². The lowest BCUT2D eigenvalue weighted by Gasteiger charge is -2.18. The predicted octanol–water partition coefficient (Wildman–Crippen LogP) is 4.00. The smallest absolute Gasteiger partial charge is 0.321 e. The van der Waals surface area contributed by atoms with Crippen LogP contribution in [0.1, 0.15) is 31.5 Å². The van der Waals surface area contributed by atoms with E-state index >= 15 is 0 Å². The summed E-state index contributed by atoms with van der Waals surface area (Å²) < 4.78 is 15.5. The number of anilines is 1. The number of nitrogens with one attached hydrogen (secondary N) is 1. The molecule has 3 aromatic rings. The van der Waals surface area contributed by atoms with E-state index in [2.05, 4.69) is 21.8 Å². The Labute approximate surface area is 157 Å². The summed E-state index contributed by atoms with van der Waals surface area (Å²) in [5, 5.41) is 2.77. The minimum atomic E-state index is -0.368. The summed E-state index contributed by atoms with van der Waals surface area (Å²) in [5.41, 5.74) is 2.26. The maximum atomic E-state index is 13.3. The fourth-order valence-electron chi connectivity index (χ4n) is 3.66. The van der Waals surface area contributed by atoms with Gasteiger partial charge in [0.15, 0.2) is 5.65 Å². The van der Waals surface area contributed by atoms with Crippen molar-refractivity contribution in [2.75, 3.05) is 18.4 Å². The second-order valence-electron chi connectivity index (χ2n) is 6.84. The third-order valence-corrected chi connectivity index (χ3v) is 4.90. The van der Waals surface area contributed by atoms with Crippen molar-refractivity contribution < 1.29 is 9.18 Å². The molecule has 0 bridgehead atoms.